The molecule has 1 heterocycles. The summed E-state index contributed by atoms with van der Waals surface area (Å²) in [6.07, 6.45) is -0.752. The minimum absolute atomic E-state index is 0.250. The smallest absolute Gasteiger partial charge is 0.115 e. The number of hydrogen-bond acceptors (Lipinski definition) is 5. The lowest BCUT2D eigenvalue weighted by molar-refractivity contribution is 0.105. The second kappa shape index (κ2) is 4.46. The maximum atomic E-state index is 9.19. The van der Waals surface area contributed by atoms with Gasteiger partial charge in [-0.1, -0.05) is 0 Å². The van der Waals surface area contributed by atoms with Gasteiger partial charge in [0.25, 0.3) is 0 Å². The predicted molar refractivity (Wildman–Crippen MR) is 60.1 cm³/mol. The molecule has 0 fully saturated rings. The van der Waals surface area contributed by atoms with Crippen LogP contribution in [0.5, 0.6) is 0 Å². The number of fused-ring (bicyclic) bond motifs is 1. The van der Waals surface area contributed by atoms with Crippen LogP contribution < -0.4 is 5.32 Å². The number of nitrogens with zero attached hydrogens (tertiary/aromatic N) is 3. The second-order valence-electron chi connectivity index (χ2n) is 3.61. The molecule has 0 aliphatic heterocycles. The number of rotatable bonds is 4. The van der Waals surface area contributed by atoms with E-state index in [4.69, 9.17) is 5.11 Å². The summed E-state index contributed by atoms with van der Waals surface area (Å²) in [5.41, 5.74) is 2.47. The van der Waals surface area contributed by atoms with Gasteiger partial charge < -0.3 is 15.5 Å². The molecule has 1 unspecified atom stereocenters. The van der Waals surface area contributed by atoms with Crippen molar-refractivity contribution < 1.29 is 10.2 Å². The van der Waals surface area contributed by atoms with E-state index < -0.39 is 6.10 Å². The van der Waals surface area contributed by atoms with Crippen LogP contribution in [0.3, 0.4) is 0 Å². The lowest BCUT2D eigenvalue weighted by Crippen LogP contribution is -2.22. The lowest BCUT2D eigenvalue weighted by Gasteiger charge is -2.09. The summed E-state index contributed by atoms with van der Waals surface area (Å²) in [5.74, 6) is 0. The largest absolute Gasteiger partial charge is 0.394 e. The Bertz CT molecular complexity index is 483. The average Bonchev–Trinajstić information content (AvgIpc) is 2.65. The van der Waals surface area contributed by atoms with Crippen molar-refractivity contribution in [1.82, 2.24) is 15.0 Å². The van der Waals surface area contributed by atoms with Gasteiger partial charge in [-0.25, -0.2) is 0 Å². The van der Waals surface area contributed by atoms with Gasteiger partial charge in [-0.2, -0.15) is 15.0 Å². The molecule has 1 aromatic heterocycles. The van der Waals surface area contributed by atoms with Crippen LogP contribution in [0.15, 0.2) is 18.2 Å². The monoisotopic (exact) mass is 222 g/mol. The van der Waals surface area contributed by atoms with Gasteiger partial charge in [-0.3, -0.25) is 0 Å². The molecule has 0 spiro atoms. The highest BCUT2D eigenvalue weighted by atomic mass is 16.3. The minimum Gasteiger partial charge on any atom is -0.394 e. The standard InChI is InChI=1S/C10H14N4O2/c1-14-12-9-3-2-7(4-10(9)13-14)11-5-8(16)6-15/h2-4,8,11,15-16H,5-6H2,1H3. The predicted octanol–water partition coefficient (Wildman–Crippen LogP) is -0.267. The number of nitrogens with one attached hydrogen (secondary N) is 1. The Morgan fingerprint density at radius 3 is 2.88 bits per heavy atom. The summed E-state index contributed by atoms with van der Waals surface area (Å²) in [6.45, 7) is 0.0582. The van der Waals surface area contributed by atoms with E-state index in [9.17, 15) is 5.11 Å². The number of aliphatic hydroxyl groups is 2. The van der Waals surface area contributed by atoms with Crippen molar-refractivity contribution in [3.05, 3.63) is 18.2 Å². The molecule has 86 valence electrons. The minimum atomic E-state index is -0.752. The maximum Gasteiger partial charge on any atom is 0.115 e. The second-order valence-corrected chi connectivity index (χ2v) is 3.61. The molecule has 2 aromatic rings. The van der Waals surface area contributed by atoms with Gasteiger partial charge in [-0.05, 0) is 18.2 Å². The Balaban J connectivity index is 2.13. The fraction of sp³-hybridized carbons (Fsp3) is 0.400. The molecule has 6 heteroatoms. The van der Waals surface area contributed by atoms with Crippen LogP contribution in [0, 0.1) is 0 Å². The Morgan fingerprint density at radius 1 is 1.38 bits per heavy atom. The Kier molecular flexibility index (Phi) is 3.02. The number of aromatic nitrogens is 3. The molecule has 6 nitrogen and oxygen atoms in total. The van der Waals surface area contributed by atoms with Crippen molar-refractivity contribution in [3.8, 4) is 0 Å². The number of benzene rings is 1. The fourth-order valence-electron chi connectivity index (χ4n) is 1.43. The van der Waals surface area contributed by atoms with Gasteiger partial charge in [0.05, 0.1) is 12.7 Å². The molecule has 3 N–H and O–H groups in total. The Morgan fingerprint density at radius 2 is 2.12 bits per heavy atom. The van der Waals surface area contributed by atoms with Crippen LogP contribution in [0.25, 0.3) is 11.0 Å². The zero-order chi connectivity index (χ0) is 11.5. The molecule has 0 saturated carbocycles. The van der Waals surface area contributed by atoms with Crippen LogP contribution >= 0.6 is 0 Å². The average molecular weight is 222 g/mol. The molecule has 0 saturated heterocycles. The summed E-state index contributed by atoms with van der Waals surface area (Å²) in [6, 6.07) is 5.57. The van der Waals surface area contributed by atoms with Gasteiger partial charge in [0.1, 0.15) is 11.0 Å². The van der Waals surface area contributed by atoms with Gasteiger partial charge in [0.2, 0.25) is 0 Å². The molecule has 0 amide bonds. The molecule has 16 heavy (non-hydrogen) atoms. The van der Waals surface area contributed by atoms with E-state index in [-0.39, 0.29) is 6.61 Å². The first-order valence-corrected chi connectivity index (χ1v) is 5.03. The van der Waals surface area contributed by atoms with Crippen LogP contribution in [0.2, 0.25) is 0 Å². The van der Waals surface area contributed by atoms with Crippen molar-refractivity contribution in [2.75, 3.05) is 18.5 Å². The zero-order valence-corrected chi connectivity index (χ0v) is 8.96. The third-order valence-corrected chi connectivity index (χ3v) is 2.23. The van der Waals surface area contributed by atoms with Crippen LogP contribution in [0.1, 0.15) is 0 Å². The van der Waals surface area contributed by atoms with E-state index in [2.05, 4.69) is 15.5 Å². The summed E-state index contributed by atoms with van der Waals surface area (Å²) in [5, 5.41) is 29.2. The molecule has 0 aliphatic rings. The quantitative estimate of drug-likeness (QED) is 0.663. The van der Waals surface area contributed by atoms with E-state index in [0.717, 1.165) is 16.7 Å². The van der Waals surface area contributed by atoms with E-state index in [1.54, 1.807) is 7.05 Å². The van der Waals surface area contributed by atoms with Gasteiger partial charge >= 0.3 is 0 Å². The van der Waals surface area contributed by atoms with E-state index >= 15 is 0 Å². The third kappa shape index (κ3) is 2.29. The van der Waals surface area contributed by atoms with Crippen LogP contribution in [0.4, 0.5) is 5.69 Å². The number of hydrogen-bond donors (Lipinski definition) is 3. The molecular formula is C10H14N4O2. The van der Waals surface area contributed by atoms with Gasteiger partial charge in [0, 0.05) is 19.3 Å². The molecule has 1 aromatic carbocycles. The normalized spacial score (nSPS) is 12.9. The van der Waals surface area contributed by atoms with Crippen LogP contribution in [-0.4, -0.2) is 44.5 Å². The van der Waals surface area contributed by atoms with Crippen molar-refractivity contribution in [1.29, 1.82) is 0 Å². The molecule has 0 bridgehead atoms. The van der Waals surface area contributed by atoms with Gasteiger partial charge in [0.15, 0.2) is 0 Å². The molecule has 0 radical (unpaired) electrons. The first kappa shape index (κ1) is 10.8. The van der Waals surface area contributed by atoms with Gasteiger partial charge in [-0.15, -0.1) is 0 Å². The first-order chi connectivity index (χ1) is 7.69. The summed E-state index contributed by atoms with van der Waals surface area (Å²) in [4.78, 5) is 1.51. The molecule has 0 aliphatic carbocycles. The summed E-state index contributed by atoms with van der Waals surface area (Å²) < 4.78 is 0. The van der Waals surface area contributed by atoms with Crippen molar-refractivity contribution in [2.24, 2.45) is 7.05 Å². The number of aryl methyl sites for hydroxylation is 1. The Labute approximate surface area is 92.5 Å². The summed E-state index contributed by atoms with van der Waals surface area (Å²) >= 11 is 0. The van der Waals surface area contributed by atoms with Crippen molar-refractivity contribution in [3.63, 3.8) is 0 Å². The molecule has 2 rings (SSSR count). The summed E-state index contributed by atoms with van der Waals surface area (Å²) in [7, 11) is 1.77. The zero-order valence-electron chi connectivity index (χ0n) is 8.96. The van der Waals surface area contributed by atoms with E-state index in [0.29, 0.717) is 6.54 Å². The first-order valence-electron chi connectivity index (χ1n) is 5.03. The highest BCUT2D eigenvalue weighted by Gasteiger charge is 2.04. The molecule has 1 atom stereocenters. The maximum absolute atomic E-state index is 9.19. The number of aliphatic hydroxyl groups excluding tert-OH is 2. The fourth-order valence-corrected chi connectivity index (χ4v) is 1.43. The Hall–Kier alpha value is -1.66. The number of anilines is 1. The highest BCUT2D eigenvalue weighted by molar-refractivity contribution is 5.78. The highest BCUT2D eigenvalue weighted by Crippen LogP contribution is 2.15. The van der Waals surface area contributed by atoms with Crippen LogP contribution in [-0.2, 0) is 7.05 Å². The van der Waals surface area contributed by atoms with Crippen molar-refractivity contribution in [2.45, 2.75) is 6.10 Å². The lowest BCUT2D eigenvalue weighted by atomic mass is 10.2. The van der Waals surface area contributed by atoms with E-state index in [1.165, 1.54) is 4.80 Å². The van der Waals surface area contributed by atoms with Crippen molar-refractivity contribution >= 4 is 16.7 Å². The molecular weight excluding hydrogens is 208 g/mol. The SMILES string of the molecule is Cn1nc2ccc(NCC(O)CO)cc2n1. The third-order valence-electron chi connectivity index (χ3n) is 2.23. The van der Waals surface area contributed by atoms with E-state index in [1.807, 2.05) is 18.2 Å². The topological polar surface area (TPSA) is 83.2 Å².